The number of nitrogens with two attached hydrogens (primary N) is 1. The zero-order chi connectivity index (χ0) is 13.2. The molecule has 0 spiro atoms. The van der Waals surface area contributed by atoms with Crippen LogP contribution >= 0.6 is 0 Å². The molecule has 18 heavy (non-hydrogen) atoms. The van der Waals surface area contributed by atoms with Crippen molar-refractivity contribution in [2.45, 2.75) is 25.8 Å². The Morgan fingerprint density at radius 1 is 1.39 bits per heavy atom. The van der Waals surface area contributed by atoms with Gasteiger partial charge in [0.05, 0.1) is 29.1 Å². The monoisotopic (exact) mass is 240 g/mol. The van der Waals surface area contributed by atoms with Gasteiger partial charge in [-0.1, -0.05) is 19.1 Å². The minimum Gasteiger partial charge on any atom is -0.340 e. The van der Waals surface area contributed by atoms with Crippen LogP contribution in [0.4, 0.5) is 0 Å². The molecule has 1 aromatic heterocycles. The van der Waals surface area contributed by atoms with Crippen molar-refractivity contribution in [2.24, 2.45) is 5.73 Å². The number of aromatic nitrogens is 2. The molecule has 1 atom stereocenters. The summed E-state index contributed by atoms with van der Waals surface area (Å²) in [7, 11) is 0. The molecular formula is C14H16N4. The number of hydrogen-bond donors (Lipinski definition) is 2. The SMILES string of the molecule is CCC(C)(N)c1ncc(-c2ccc(C#N)cc2)[nH]1. The molecule has 3 N–H and O–H groups in total. The van der Waals surface area contributed by atoms with E-state index in [2.05, 4.69) is 16.0 Å². The number of aromatic amines is 1. The molecule has 0 saturated carbocycles. The van der Waals surface area contributed by atoms with Crippen LogP contribution in [0.5, 0.6) is 0 Å². The van der Waals surface area contributed by atoms with E-state index in [4.69, 9.17) is 11.0 Å². The molecule has 4 heteroatoms. The summed E-state index contributed by atoms with van der Waals surface area (Å²) in [5, 5.41) is 8.76. The summed E-state index contributed by atoms with van der Waals surface area (Å²) >= 11 is 0. The van der Waals surface area contributed by atoms with Crippen LogP contribution in [-0.4, -0.2) is 9.97 Å². The van der Waals surface area contributed by atoms with Gasteiger partial charge in [-0.2, -0.15) is 5.26 Å². The van der Waals surface area contributed by atoms with E-state index < -0.39 is 5.54 Å². The molecular weight excluding hydrogens is 224 g/mol. The summed E-state index contributed by atoms with van der Waals surface area (Å²) in [4.78, 5) is 7.57. The predicted octanol–water partition coefficient (Wildman–Crippen LogP) is 2.53. The first kappa shape index (κ1) is 12.3. The van der Waals surface area contributed by atoms with Crippen molar-refractivity contribution in [3.63, 3.8) is 0 Å². The molecule has 0 bridgehead atoms. The number of imidazole rings is 1. The molecule has 0 fully saturated rings. The summed E-state index contributed by atoms with van der Waals surface area (Å²) in [6.07, 6.45) is 2.59. The molecule has 0 amide bonds. The Kier molecular flexibility index (Phi) is 3.17. The lowest BCUT2D eigenvalue weighted by molar-refractivity contribution is 0.450. The van der Waals surface area contributed by atoms with E-state index in [-0.39, 0.29) is 0 Å². The van der Waals surface area contributed by atoms with E-state index in [9.17, 15) is 0 Å². The van der Waals surface area contributed by atoms with E-state index in [1.54, 1.807) is 18.3 Å². The minimum atomic E-state index is -0.440. The van der Waals surface area contributed by atoms with Gasteiger partial charge < -0.3 is 10.7 Å². The van der Waals surface area contributed by atoms with Crippen LogP contribution in [-0.2, 0) is 5.54 Å². The van der Waals surface area contributed by atoms with Crippen LogP contribution in [0.1, 0.15) is 31.7 Å². The second kappa shape index (κ2) is 4.63. The van der Waals surface area contributed by atoms with Gasteiger partial charge in [0, 0.05) is 0 Å². The molecule has 4 nitrogen and oxygen atoms in total. The normalized spacial score (nSPS) is 13.9. The van der Waals surface area contributed by atoms with Gasteiger partial charge in [-0.15, -0.1) is 0 Å². The van der Waals surface area contributed by atoms with Gasteiger partial charge in [-0.25, -0.2) is 4.98 Å². The molecule has 1 aromatic carbocycles. The molecule has 0 aliphatic heterocycles. The fourth-order valence-electron chi connectivity index (χ4n) is 1.65. The van der Waals surface area contributed by atoms with E-state index in [0.717, 1.165) is 23.5 Å². The van der Waals surface area contributed by atoms with Gasteiger partial charge in [-0.05, 0) is 31.0 Å². The Morgan fingerprint density at radius 2 is 2.06 bits per heavy atom. The van der Waals surface area contributed by atoms with Crippen molar-refractivity contribution in [3.05, 3.63) is 41.9 Å². The van der Waals surface area contributed by atoms with Gasteiger partial charge in [0.2, 0.25) is 0 Å². The molecule has 0 saturated heterocycles. The summed E-state index contributed by atoms with van der Waals surface area (Å²) in [5.74, 6) is 0.782. The van der Waals surface area contributed by atoms with Crippen molar-refractivity contribution in [1.82, 2.24) is 9.97 Å². The Labute approximate surface area is 106 Å². The lowest BCUT2D eigenvalue weighted by Crippen LogP contribution is -2.33. The number of benzene rings is 1. The predicted molar refractivity (Wildman–Crippen MR) is 70.6 cm³/mol. The second-order valence-electron chi connectivity index (χ2n) is 4.61. The molecule has 0 aliphatic rings. The summed E-state index contributed by atoms with van der Waals surface area (Å²) < 4.78 is 0. The fraction of sp³-hybridized carbons (Fsp3) is 0.286. The number of rotatable bonds is 3. The zero-order valence-corrected chi connectivity index (χ0v) is 10.6. The standard InChI is InChI=1S/C14H16N4/c1-3-14(2,16)13-17-9-12(18-13)11-6-4-10(8-15)5-7-11/h4-7,9H,3,16H2,1-2H3,(H,17,18). The lowest BCUT2D eigenvalue weighted by Gasteiger charge is -2.19. The highest BCUT2D eigenvalue weighted by Gasteiger charge is 2.22. The van der Waals surface area contributed by atoms with E-state index >= 15 is 0 Å². The first-order valence-corrected chi connectivity index (χ1v) is 5.91. The molecule has 2 aromatic rings. The fourth-order valence-corrected chi connectivity index (χ4v) is 1.65. The maximum absolute atomic E-state index is 8.76. The van der Waals surface area contributed by atoms with Crippen LogP contribution in [0.25, 0.3) is 11.3 Å². The Balaban J connectivity index is 2.32. The Bertz CT molecular complexity index is 573. The third kappa shape index (κ3) is 2.27. The highest BCUT2D eigenvalue weighted by Crippen LogP contribution is 2.23. The van der Waals surface area contributed by atoms with Gasteiger partial charge in [0.25, 0.3) is 0 Å². The molecule has 1 unspecified atom stereocenters. The maximum Gasteiger partial charge on any atom is 0.126 e. The van der Waals surface area contributed by atoms with Crippen molar-refractivity contribution in [3.8, 4) is 17.3 Å². The number of nitrogens with one attached hydrogen (secondary N) is 1. The Hall–Kier alpha value is -2.12. The van der Waals surface area contributed by atoms with Crippen molar-refractivity contribution >= 4 is 0 Å². The Morgan fingerprint density at radius 3 is 2.61 bits per heavy atom. The first-order chi connectivity index (χ1) is 8.56. The molecule has 1 heterocycles. The van der Waals surface area contributed by atoms with Crippen LogP contribution < -0.4 is 5.73 Å². The topological polar surface area (TPSA) is 78.5 Å². The number of H-pyrrole nitrogens is 1. The lowest BCUT2D eigenvalue weighted by atomic mass is 10.00. The largest absolute Gasteiger partial charge is 0.340 e. The van der Waals surface area contributed by atoms with Crippen LogP contribution in [0, 0.1) is 11.3 Å². The number of nitriles is 1. The summed E-state index contributed by atoms with van der Waals surface area (Å²) in [6, 6.07) is 9.47. The minimum absolute atomic E-state index is 0.440. The maximum atomic E-state index is 8.76. The third-order valence-corrected chi connectivity index (χ3v) is 3.18. The number of hydrogen-bond acceptors (Lipinski definition) is 3. The average Bonchev–Trinajstić information content (AvgIpc) is 2.89. The van der Waals surface area contributed by atoms with Gasteiger partial charge in [0.15, 0.2) is 0 Å². The van der Waals surface area contributed by atoms with E-state index in [1.165, 1.54) is 0 Å². The smallest absolute Gasteiger partial charge is 0.126 e. The van der Waals surface area contributed by atoms with Crippen molar-refractivity contribution in [2.75, 3.05) is 0 Å². The third-order valence-electron chi connectivity index (χ3n) is 3.18. The zero-order valence-electron chi connectivity index (χ0n) is 10.6. The first-order valence-electron chi connectivity index (χ1n) is 5.91. The van der Waals surface area contributed by atoms with Crippen molar-refractivity contribution < 1.29 is 0 Å². The highest BCUT2D eigenvalue weighted by molar-refractivity contribution is 5.59. The van der Waals surface area contributed by atoms with E-state index in [1.807, 2.05) is 26.0 Å². The average molecular weight is 240 g/mol. The summed E-state index contributed by atoms with van der Waals surface area (Å²) in [5.41, 5.74) is 8.26. The quantitative estimate of drug-likeness (QED) is 0.865. The van der Waals surface area contributed by atoms with E-state index in [0.29, 0.717) is 5.56 Å². The van der Waals surface area contributed by atoms with Crippen LogP contribution in [0.2, 0.25) is 0 Å². The molecule has 0 aliphatic carbocycles. The number of nitrogens with zero attached hydrogens (tertiary/aromatic N) is 2. The summed E-state index contributed by atoms with van der Waals surface area (Å²) in [6.45, 7) is 3.98. The van der Waals surface area contributed by atoms with Crippen molar-refractivity contribution in [1.29, 1.82) is 5.26 Å². The molecule has 0 radical (unpaired) electrons. The highest BCUT2D eigenvalue weighted by atomic mass is 15.0. The van der Waals surface area contributed by atoms with Crippen LogP contribution in [0.3, 0.4) is 0 Å². The van der Waals surface area contributed by atoms with Crippen LogP contribution in [0.15, 0.2) is 30.5 Å². The van der Waals surface area contributed by atoms with Gasteiger partial charge in [0.1, 0.15) is 5.82 Å². The van der Waals surface area contributed by atoms with Gasteiger partial charge in [-0.3, -0.25) is 0 Å². The second-order valence-corrected chi connectivity index (χ2v) is 4.61. The van der Waals surface area contributed by atoms with Gasteiger partial charge >= 0.3 is 0 Å². The molecule has 2 rings (SSSR count). The molecule has 92 valence electrons.